The zero-order chi connectivity index (χ0) is 14.0. The molecule has 0 bridgehead atoms. The molecule has 2 rings (SSSR count). The summed E-state index contributed by atoms with van der Waals surface area (Å²) in [6, 6.07) is 8.10. The number of carbonyl (C=O) groups excluding carboxylic acids is 1. The van der Waals surface area contributed by atoms with Crippen LogP contribution in [0.5, 0.6) is 0 Å². The number of hydrogen-bond acceptors (Lipinski definition) is 1. The third-order valence-electron chi connectivity index (χ3n) is 2.88. The van der Waals surface area contributed by atoms with Crippen LogP contribution in [0.3, 0.4) is 0 Å². The standard InChI is InChI=1S/C15H13F2NO/c1-9-3-4-12(17)8-13(9)15(19)18-14-6-5-11(16)7-10(14)2/h3-8H,1-2H3,(H,18,19). The van der Waals surface area contributed by atoms with Gasteiger partial charge in [-0.1, -0.05) is 6.07 Å². The lowest BCUT2D eigenvalue weighted by Gasteiger charge is -2.10. The van der Waals surface area contributed by atoms with Crippen molar-refractivity contribution in [2.45, 2.75) is 13.8 Å². The van der Waals surface area contributed by atoms with Crippen LogP contribution in [0.25, 0.3) is 0 Å². The maximum Gasteiger partial charge on any atom is 0.256 e. The fourth-order valence-electron chi connectivity index (χ4n) is 1.80. The summed E-state index contributed by atoms with van der Waals surface area (Å²) >= 11 is 0. The fraction of sp³-hybridized carbons (Fsp3) is 0.133. The zero-order valence-electron chi connectivity index (χ0n) is 10.6. The first-order chi connectivity index (χ1) is 8.97. The summed E-state index contributed by atoms with van der Waals surface area (Å²) in [5.41, 5.74) is 2.07. The van der Waals surface area contributed by atoms with Gasteiger partial charge in [0.05, 0.1) is 0 Å². The number of nitrogens with one attached hydrogen (secondary N) is 1. The Labute approximate surface area is 110 Å². The lowest BCUT2D eigenvalue weighted by molar-refractivity contribution is 0.102. The number of halogens is 2. The van der Waals surface area contributed by atoms with Gasteiger partial charge in [-0.3, -0.25) is 4.79 Å². The summed E-state index contributed by atoms with van der Waals surface area (Å²) in [6.45, 7) is 3.42. The molecule has 2 aromatic carbocycles. The number of rotatable bonds is 2. The molecule has 0 aliphatic carbocycles. The zero-order valence-corrected chi connectivity index (χ0v) is 10.6. The van der Waals surface area contributed by atoms with E-state index in [1.165, 1.54) is 30.3 Å². The highest BCUT2D eigenvalue weighted by atomic mass is 19.1. The third-order valence-corrected chi connectivity index (χ3v) is 2.88. The fourth-order valence-corrected chi connectivity index (χ4v) is 1.80. The van der Waals surface area contributed by atoms with E-state index in [-0.39, 0.29) is 11.4 Å². The van der Waals surface area contributed by atoms with E-state index in [0.29, 0.717) is 16.8 Å². The Kier molecular flexibility index (Phi) is 3.60. The molecule has 0 spiro atoms. The van der Waals surface area contributed by atoms with Crippen molar-refractivity contribution < 1.29 is 13.6 Å². The Bertz CT molecular complexity index is 638. The average molecular weight is 261 g/mol. The summed E-state index contributed by atoms with van der Waals surface area (Å²) in [5.74, 6) is -1.24. The SMILES string of the molecule is Cc1cc(F)ccc1NC(=O)c1cc(F)ccc1C. The molecule has 0 aromatic heterocycles. The maximum atomic E-state index is 13.1. The molecule has 1 amide bonds. The average Bonchev–Trinajstić information content (AvgIpc) is 2.35. The van der Waals surface area contributed by atoms with Crippen LogP contribution in [0.15, 0.2) is 36.4 Å². The largest absolute Gasteiger partial charge is 0.322 e. The summed E-state index contributed by atoms with van der Waals surface area (Å²) in [5, 5.41) is 2.65. The van der Waals surface area contributed by atoms with Gasteiger partial charge in [-0.15, -0.1) is 0 Å². The van der Waals surface area contributed by atoms with E-state index >= 15 is 0 Å². The van der Waals surface area contributed by atoms with E-state index in [2.05, 4.69) is 5.32 Å². The van der Waals surface area contributed by atoms with Crippen LogP contribution in [0.4, 0.5) is 14.5 Å². The van der Waals surface area contributed by atoms with Crippen LogP contribution < -0.4 is 5.32 Å². The number of benzene rings is 2. The van der Waals surface area contributed by atoms with Gasteiger partial charge in [-0.2, -0.15) is 0 Å². The molecule has 0 aliphatic heterocycles. The van der Waals surface area contributed by atoms with Crippen molar-refractivity contribution in [2.75, 3.05) is 5.32 Å². The molecule has 2 nitrogen and oxygen atoms in total. The van der Waals surface area contributed by atoms with Crippen LogP contribution >= 0.6 is 0 Å². The van der Waals surface area contributed by atoms with Gasteiger partial charge in [-0.25, -0.2) is 8.78 Å². The highest BCUT2D eigenvalue weighted by Crippen LogP contribution is 2.18. The lowest BCUT2D eigenvalue weighted by Crippen LogP contribution is -2.14. The Balaban J connectivity index is 2.28. The molecule has 98 valence electrons. The van der Waals surface area contributed by atoms with Crippen LogP contribution in [-0.4, -0.2) is 5.91 Å². The molecule has 0 atom stereocenters. The van der Waals surface area contributed by atoms with Crippen LogP contribution in [0.1, 0.15) is 21.5 Å². The van der Waals surface area contributed by atoms with Crippen molar-refractivity contribution in [1.82, 2.24) is 0 Å². The van der Waals surface area contributed by atoms with Crippen molar-refractivity contribution in [3.63, 3.8) is 0 Å². The molecular weight excluding hydrogens is 248 g/mol. The number of aryl methyl sites for hydroxylation is 2. The minimum absolute atomic E-state index is 0.267. The van der Waals surface area contributed by atoms with Crippen LogP contribution in [-0.2, 0) is 0 Å². The number of hydrogen-bond donors (Lipinski definition) is 1. The van der Waals surface area contributed by atoms with E-state index in [4.69, 9.17) is 0 Å². The summed E-state index contributed by atoms with van der Waals surface area (Å²) in [4.78, 5) is 12.1. The smallest absolute Gasteiger partial charge is 0.256 e. The van der Waals surface area contributed by atoms with E-state index < -0.39 is 11.7 Å². The second-order valence-corrected chi connectivity index (χ2v) is 4.37. The molecule has 0 saturated carbocycles. The summed E-state index contributed by atoms with van der Waals surface area (Å²) in [6.07, 6.45) is 0. The molecule has 0 radical (unpaired) electrons. The van der Waals surface area contributed by atoms with E-state index in [9.17, 15) is 13.6 Å². The van der Waals surface area contributed by atoms with Crippen molar-refractivity contribution in [1.29, 1.82) is 0 Å². The first-order valence-corrected chi connectivity index (χ1v) is 5.81. The van der Waals surface area contributed by atoms with Crippen molar-refractivity contribution in [3.8, 4) is 0 Å². The first-order valence-electron chi connectivity index (χ1n) is 5.81. The Hall–Kier alpha value is -2.23. The van der Waals surface area contributed by atoms with Gasteiger partial charge >= 0.3 is 0 Å². The van der Waals surface area contributed by atoms with Gasteiger partial charge in [0.1, 0.15) is 11.6 Å². The first kappa shape index (κ1) is 13.2. The predicted octanol–water partition coefficient (Wildman–Crippen LogP) is 3.83. The van der Waals surface area contributed by atoms with Crippen molar-refractivity contribution >= 4 is 11.6 Å². The quantitative estimate of drug-likeness (QED) is 0.874. The highest BCUT2D eigenvalue weighted by Gasteiger charge is 2.11. The van der Waals surface area contributed by atoms with Gasteiger partial charge in [0.25, 0.3) is 5.91 Å². The molecule has 0 saturated heterocycles. The topological polar surface area (TPSA) is 29.1 Å². The molecule has 1 N–H and O–H groups in total. The molecule has 2 aromatic rings. The Morgan fingerprint density at radius 1 is 0.947 bits per heavy atom. The molecular formula is C15H13F2NO. The molecule has 0 fully saturated rings. The third kappa shape index (κ3) is 2.96. The number of amides is 1. The van der Waals surface area contributed by atoms with Gasteiger partial charge in [0.15, 0.2) is 0 Å². The van der Waals surface area contributed by atoms with E-state index in [0.717, 1.165) is 0 Å². The van der Waals surface area contributed by atoms with Crippen molar-refractivity contribution in [3.05, 3.63) is 64.7 Å². The van der Waals surface area contributed by atoms with E-state index in [1.807, 2.05) is 0 Å². The molecule has 0 aliphatic rings. The second kappa shape index (κ2) is 5.18. The Morgan fingerprint density at radius 3 is 2.26 bits per heavy atom. The predicted molar refractivity (Wildman–Crippen MR) is 70.2 cm³/mol. The van der Waals surface area contributed by atoms with Crippen LogP contribution in [0, 0.1) is 25.5 Å². The Morgan fingerprint density at radius 2 is 1.58 bits per heavy atom. The van der Waals surface area contributed by atoms with E-state index in [1.54, 1.807) is 19.9 Å². The molecule has 0 heterocycles. The van der Waals surface area contributed by atoms with Gasteiger partial charge < -0.3 is 5.32 Å². The summed E-state index contributed by atoms with van der Waals surface area (Å²) in [7, 11) is 0. The number of carbonyl (C=O) groups is 1. The molecule has 19 heavy (non-hydrogen) atoms. The minimum atomic E-state index is -0.466. The lowest BCUT2D eigenvalue weighted by atomic mass is 10.1. The van der Waals surface area contributed by atoms with Gasteiger partial charge in [-0.05, 0) is 55.3 Å². The maximum absolute atomic E-state index is 13.1. The monoisotopic (exact) mass is 261 g/mol. The summed E-state index contributed by atoms with van der Waals surface area (Å²) < 4.78 is 26.1. The van der Waals surface area contributed by atoms with Crippen molar-refractivity contribution in [2.24, 2.45) is 0 Å². The minimum Gasteiger partial charge on any atom is -0.322 e. The molecule has 0 unspecified atom stereocenters. The van der Waals surface area contributed by atoms with Crippen LogP contribution in [0.2, 0.25) is 0 Å². The van der Waals surface area contributed by atoms with Gasteiger partial charge in [0.2, 0.25) is 0 Å². The normalized spacial score (nSPS) is 10.3. The highest BCUT2D eigenvalue weighted by molar-refractivity contribution is 6.05. The van der Waals surface area contributed by atoms with Gasteiger partial charge in [0, 0.05) is 11.3 Å². The second-order valence-electron chi connectivity index (χ2n) is 4.37. The molecule has 4 heteroatoms. The number of anilines is 1.